The van der Waals surface area contributed by atoms with E-state index in [1.807, 2.05) is 6.07 Å². The maximum Gasteiger partial charge on any atom is 0.573 e. The Balaban J connectivity index is 1.92. The first kappa shape index (κ1) is 16.7. The van der Waals surface area contributed by atoms with Gasteiger partial charge in [0.25, 0.3) is 5.91 Å². The zero-order valence-electron chi connectivity index (χ0n) is 12.1. The van der Waals surface area contributed by atoms with E-state index in [4.69, 9.17) is 4.74 Å². The first-order valence-electron chi connectivity index (χ1n) is 6.72. The van der Waals surface area contributed by atoms with Crippen LogP contribution in [0.2, 0.25) is 0 Å². The molecule has 0 saturated carbocycles. The van der Waals surface area contributed by atoms with Gasteiger partial charge in [0.05, 0.1) is 0 Å². The minimum atomic E-state index is -4.75. The van der Waals surface area contributed by atoms with Crippen LogP contribution in [0.4, 0.5) is 18.9 Å². The summed E-state index contributed by atoms with van der Waals surface area (Å²) in [5.74, 6) is -0.230. The number of hydrogen-bond acceptors (Lipinski definition) is 3. The molecule has 0 fully saturated rings. The number of rotatable bonds is 5. The molecule has 0 spiro atoms. The van der Waals surface area contributed by atoms with Crippen molar-refractivity contribution in [2.24, 2.45) is 0 Å². The lowest BCUT2D eigenvalue weighted by molar-refractivity contribution is -0.274. The Morgan fingerprint density at radius 2 is 1.61 bits per heavy atom. The van der Waals surface area contributed by atoms with E-state index in [9.17, 15) is 18.0 Å². The molecule has 23 heavy (non-hydrogen) atoms. The summed E-state index contributed by atoms with van der Waals surface area (Å²) in [5, 5.41) is 2.55. The molecule has 1 amide bonds. The number of amides is 1. The van der Waals surface area contributed by atoms with Gasteiger partial charge >= 0.3 is 6.36 Å². The standard InChI is InChI=1S/C16H14F3NO3/c1-11(22-13-5-3-2-4-6-13)15(21)20-12-7-9-14(10-8-12)23-16(17,18)19/h2-11H,1H3,(H,20,21)/t11-/m0/s1. The molecule has 0 unspecified atom stereocenters. The van der Waals surface area contributed by atoms with E-state index in [0.29, 0.717) is 11.4 Å². The normalized spacial score (nSPS) is 12.3. The van der Waals surface area contributed by atoms with Crippen LogP contribution in [0.5, 0.6) is 11.5 Å². The molecule has 2 aromatic carbocycles. The summed E-state index contributed by atoms with van der Waals surface area (Å²) < 4.78 is 45.4. The summed E-state index contributed by atoms with van der Waals surface area (Å²) >= 11 is 0. The van der Waals surface area contributed by atoms with Gasteiger partial charge in [0, 0.05) is 5.69 Å². The molecular weight excluding hydrogens is 311 g/mol. The highest BCUT2D eigenvalue weighted by atomic mass is 19.4. The molecule has 2 rings (SSSR count). The highest BCUT2D eigenvalue weighted by Crippen LogP contribution is 2.24. The second kappa shape index (κ2) is 7.04. The number of nitrogens with one attached hydrogen (secondary N) is 1. The molecule has 0 aliphatic heterocycles. The summed E-state index contributed by atoms with van der Waals surface area (Å²) in [6, 6.07) is 13.7. The van der Waals surface area contributed by atoms with Gasteiger partial charge in [0.1, 0.15) is 11.5 Å². The molecule has 7 heteroatoms. The molecular formula is C16H14F3NO3. The van der Waals surface area contributed by atoms with Gasteiger partial charge in [-0.3, -0.25) is 4.79 Å². The Hall–Kier alpha value is -2.70. The fourth-order valence-corrected chi connectivity index (χ4v) is 1.74. The van der Waals surface area contributed by atoms with Gasteiger partial charge in [-0.2, -0.15) is 0 Å². The molecule has 4 nitrogen and oxygen atoms in total. The van der Waals surface area contributed by atoms with Gasteiger partial charge in [0.2, 0.25) is 0 Å². The van der Waals surface area contributed by atoms with Crippen LogP contribution in [0, 0.1) is 0 Å². The Labute approximate surface area is 130 Å². The molecule has 0 aromatic heterocycles. The van der Waals surface area contributed by atoms with Crippen LogP contribution in [-0.4, -0.2) is 18.4 Å². The number of carbonyl (C=O) groups is 1. The largest absolute Gasteiger partial charge is 0.573 e. The SMILES string of the molecule is C[C@H](Oc1ccccc1)C(=O)Nc1ccc(OC(F)(F)F)cc1. The van der Waals surface area contributed by atoms with Crippen molar-refractivity contribution >= 4 is 11.6 Å². The van der Waals surface area contributed by atoms with Crippen molar-refractivity contribution < 1.29 is 27.4 Å². The molecule has 1 N–H and O–H groups in total. The number of anilines is 1. The van der Waals surface area contributed by atoms with Gasteiger partial charge in [-0.15, -0.1) is 13.2 Å². The summed E-state index contributed by atoms with van der Waals surface area (Å²) in [7, 11) is 0. The minimum Gasteiger partial charge on any atom is -0.481 e. The number of benzene rings is 2. The van der Waals surface area contributed by atoms with Crippen LogP contribution in [0.1, 0.15) is 6.92 Å². The van der Waals surface area contributed by atoms with Gasteiger partial charge in [-0.1, -0.05) is 18.2 Å². The summed E-state index contributed by atoms with van der Waals surface area (Å²) in [6.07, 6.45) is -5.51. The van der Waals surface area contributed by atoms with Crippen molar-refractivity contribution in [2.75, 3.05) is 5.32 Å². The van der Waals surface area contributed by atoms with Crippen molar-refractivity contribution in [3.63, 3.8) is 0 Å². The summed E-state index contributed by atoms with van der Waals surface area (Å²) in [6.45, 7) is 1.57. The zero-order valence-corrected chi connectivity index (χ0v) is 12.1. The van der Waals surface area contributed by atoms with Crippen molar-refractivity contribution in [2.45, 2.75) is 19.4 Å². The quantitative estimate of drug-likeness (QED) is 0.904. The Bertz CT molecular complexity index is 642. The number of hydrogen-bond donors (Lipinski definition) is 1. The number of alkyl halides is 3. The van der Waals surface area contributed by atoms with Crippen LogP contribution >= 0.6 is 0 Å². The maximum atomic E-state index is 12.1. The van der Waals surface area contributed by atoms with Crippen molar-refractivity contribution in [1.29, 1.82) is 0 Å². The highest BCUT2D eigenvalue weighted by Gasteiger charge is 2.31. The lowest BCUT2D eigenvalue weighted by Gasteiger charge is -2.15. The summed E-state index contributed by atoms with van der Waals surface area (Å²) in [4.78, 5) is 12.0. The molecule has 122 valence electrons. The van der Waals surface area contributed by atoms with Crippen molar-refractivity contribution in [3.8, 4) is 11.5 Å². The second-order valence-electron chi connectivity index (χ2n) is 4.63. The smallest absolute Gasteiger partial charge is 0.481 e. The van der Waals surface area contributed by atoms with E-state index in [-0.39, 0.29) is 5.75 Å². The second-order valence-corrected chi connectivity index (χ2v) is 4.63. The third kappa shape index (κ3) is 5.54. The van der Waals surface area contributed by atoms with Crippen molar-refractivity contribution in [3.05, 3.63) is 54.6 Å². The average molecular weight is 325 g/mol. The topological polar surface area (TPSA) is 47.6 Å². The molecule has 0 bridgehead atoms. The molecule has 0 aliphatic rings. The van der Waals surface area contributed by atoms with E-state index in [1.54, 1.807) is 31.2 Å². The maximum absolute atomic E-state index is 12.1. The monoisotopic (exact) mass is 325 g/mol. The van der Waals surface area contributed by atoms with E-state index in [2.05, 4.69) is 10.1 Å². The molecule has 0 heterocycles. The molecule has 0 aliphatic carbocycles. The Kier molecular flexibility index (Phi) is 5.10. The van der Waals surface area contributed by atoms with E-state index in [0.717, 1.165) is 12.1 Å². The van der Waals surface area contributed by atoms with Gasteiger partial charge in [-0.05, 0) is 43.3 Å². The van der Waals surface area contributed by atoms with Crippen LogP contribution in [0.3, 0.4) is 0 Å². The fourth-order valence-electron chi connectivity index (χ4n) is 1.74. The first-order chi connectivity index (χ1) is 10.8. The molecule has 0 radical (unpaired) electrons. The lowest BCUT2D eigenvalue weighted by atomic mass is 10.2. The van der Waals surface area contributed by atoms with Crippen LogP contribution in [0.15, 0.2) is 54.6 Å². The number of halogens is 3. The Morgan fingerprint density at radius 1 is 1.00 bits per heavy atom. The first-order valence-corrected chi connectivity index (χ1v) is 6.72. The number of para-hydroxylation sites is 1. The lowest BCUT2D eigenvalue weighted by Crippen LogP contribution is -2.30. The third-order valence-electron chi connectivity index (χ3n) is 2.78. The average Bonchev–Trinajstić information content (AvgIpc) is 2.48. The fraction of sp³-hybridized carbons (Fsp3) is 0.188. The van der Waals surface area contributed by atoms with E-state index >= 15 is 0 Å². The van der Waals surface area contributed by atoms with Crippen molar-refractivity contribution in [1.82, 2.24) is 0 Å². The Morgan fingerprint density at radius 3 is 2.17 bits per heavy atom. The van der Waals surface area contributed by atoms with Crippen LogP contribution in [0.25, 0.3) is 0 Å². The zero-order chi connectivity index (χ0) is 16.9. The molecule has 0 saturated heterocycles. The van der Waals surface area contributed by atoms with Gasteiger partial charge < -0.3 is 14.8 Å². The van der Waals surface area contributed by atoms with Gasteiger partial charge in [0.15, 0.2) is 6.10 Å². The van der Waals surface area contributed by atoms with E-state index in [1.165, 1.54) is 12.1 Å². The molecule has 1 atom stereocenters. The van der Waals surface area contributed by atoms with Gasteiger partial charge in [-0.25, -0.2) is 0 Å². The van der Waals surface area contributed by atoms with E-state index < -0.39 is 18.4 Å². The highest BCUT2D eigenvalue weighted by molar-refractivity contribution is 5.94. The van der Waals surface area contributed by atoms with Crippen LogP contribution in [-0.2, 0) is 4.79 Å². The third-order valence-corrected chi connectivity index (χ3v) is 2.78. The molecule has 2 aromatic rings. The predicted molar refractivity (Wildman–Crippen MR) is 78.3 cm³/mol. The summed E-state index contributed by atoms with van der Waals surface area (Å²) in [5.41, 5.74) is 0.341. The minimum absolute atomic E-state index is 0.341. The number of ether oxygens (including phenoxy) is 2. The number of carbonyl (C=O) groups excluding carboxylic acids is 1. The predicted octanol–water partition coefficient (Wildman–Crippen LogP) is 3.99. The van der Waals surface area contributed by atoms with Crippen LogP contribution < -0.4 is 14.8 Å².